The summed E-state index contributed by atoms with van der Waals surface area (Å²) >= 11 is 0. The molecule has 0 spiro atoms. The second-order valence-electron chi connectivity index (χ2n) is 7.19. The van der Waals surface area contributed by atoms with E-state index in [1.54, 1.807) is 0 Å². The normalized spacial score (nSPS) is 19.6. The lowest BCUT2D eigenvalue weighted by Crippen LogP contribution is -2.37. The average Bonchev–Trinajstić information content (AvgIpc) is 3.14. The molecule has 1 fully saturated rings. The number of rotatable bonds is 3. The van der Waals surface area contributed by atoms with Crippen LogP contribution in [0.4, 0.5) is 0 Å². The van der Waals surface area contributed by atoms with Gasteiger partial charge in [-0.2, -0.15) is 0 Å². The quantitative estimate of drug-likeness (QED) is 0.669. The van der Waals surface area contributed by atoms with Crippen LogP contribution in [0.3, 0.4) is 0 Å². The molecule has 3 aromatic rings. The highest BCUT2D eigenvalue weighted by Crippen LogP contribution is 2.31. The number of nitrogens with zero attached hydrogens (tertiary/aromatic N) is 1. The van der Waals surface area contributed by atoms with E-state index in [-0.39, 0.29) is 12.0 Å². The van der Waals surface area contributed by atoms with E-state index >= 15 is 0 Å². The lowest BCUT2D eigenvalue weighted by atomic mass is 10.1. The van der Waals surface area contributed by atoms with Gasteiger partial charge in [0.05, 0.1) is 11.1 Å². The number of benzene rings is 1. The van der Waals surface area contributed by atoms with Crippen LogP contribution in [-0.2, 0) is 6.42 Å². The Morgan fingerprint density at radius 2 is 2.07 bits per heavy atom. The highest BCUT2D eigenvalue weighted by molar-refractivity contribution is 6.00. The van der Waals surface area contributed by atoms with Crippen LogP contribution < -0.4 is 15.4 Å². The minimum atomic E-state index is -0.0132. The second kappa shape index (κ2) is 6.70. The molecule has 1 atom stereocenters. The first-order chi connectivity index (χ1) is 13.3. The van der Waals surface area contributed by atoms with Gasteiger partial charge in [-0.25, -0.2) is 4.98 Å². The van der Waals surface area contributed by atoms with Gasteiger partial charge in [0.1, 0.15) is 6.10 Å². The van der Waals surface area contributed by atoms with Crippen LogP contribution >= 0.6 is 0 Å². The Hall–Kier alpha value is -2.86. The number of aromatic nitrogens is 2. The van der Waals surface area contributed by atoms with E-state index < -0.39 is 0 Å². The molecule has 0 bridgehead atoms. The first kappa shape index (κ1) is 16.3. The number of aromatic amines is 1. The molecule has 2 aliphatic heterocycles. The van der Waals surface area contributed by atoms with E-state index in [9.17, 15) is 4.79 Å². The Kier molecular flexibility index (Phi) is 4.05. The number of fused-ring (bicyclic) bond motifs is 2. The van der Waals surface area contributed by atoms with Crippen LogP contribution in [0.1, 0.15) is 28.9 Å². The van der Waals surface area contributed by atoms with Gasteiger partial charge in [0.25, 0.3) is 5.91 Å². The maximum atomic E-state index is 12.1. The number of hydrogen-bond donors (Lipinski definition) is 3. The van der Waals surface area contributed by atoms with Crippen molar-refractivity contribution in [3.8, 4) is 17.1 Å². The third kappa shape index (κ3) is 3.06. The Bertz CT molecular complexity index is 1000. The van der Waals surface area contributed by atoms with Gasteiger partial charge in [-0.1, -0.05) is 18.2 Å². The summed E-state index contributed by atoms with van der Waals surface area (Å²) in [5.74, 6) is 0.637. The predicted molar refractivity (Wildman–Crippen MR) is 104 cm³/mol. The molecule has 1 unspecified atom stereocenters. The van der Waals surface area contributed by atoms with Crippen LogP contribution in [0.2, 0.25) is 0 Å². The fourth-order valence-electron chi connectivity index (χ4n) is 3.94. The first-order valence-electron chi connectivity index (χ1n) is 9.55. The number of carbonyl (C=O) groups excluding carboxylic acids is 1. The molecule has 0 radical (unpaired) electrons. The number of nitrogens with one attached hydrogen (secondary N) is 3. The lowest BCUT2D eigenvalue weighted by molar-refractivity contribution is 0.0946. The average molecular weight is 362 g/mol. The topological polar surface area (TPSA) is 79.0 Å². The van der Waals surface area contributed by atoms with Crippen molar-refractivity contribution in [3.05, 3.63) is 47.7 Å². The first-order valence-corrected chi connectivity index (χ1v) is 9.55. The molecule has 6 heteroatoms. The molecule has 0 saturated carbocycles. The number of H-pyrrole nitrogens is 1. The molecule has 2 aromatic heterocycles. The van der Waals surface area contributed by atoms with Gasteiger partial charge in [-0.05, 0) is 31.5 Å². The van der Waals surface area contributed by atoms with Crippen molar-refractivity contribution in [2.75, 3.05) is 19.6 Å². The van der Waals surface area contributed by atoms with Crippen LogP contribution in [0.15, 0.2) is 36.4 Å². The van der Waals surface area contributed by atoms with Crippen LogP contribution in [0.25, 0.3) is 22.2 Å². The number of amides is 1. The van der Waals surface area contributed by atoms with Crippen molar-refractivity contribution >= 4 is 16.8 Å². The molecule has 1 saturated heterocycles. The zero-order valence-electron chi connectivity index (χ0n) is 15.0. The molecule has 138 valence electrons. The summed E-state index contributed by atoms with van der Waals surface area (Å²) in [6.45, 7) is 2.59. The van der Waals surface area contributed by atoms with Gasteiger partial charge in [0.2, 0.25) is 5.88 Å². The molecule has 5 rings (SSSR count). The van der Waals surface area contributed by atoms with Crippen molar-refractivity contribution in [2.45, 2.75) is 25.4 Å². The number of piperidine rings is 1. The maximum Gasteiger partial charge on any atom is 0.253 e. The predicted octanol–water partition coefficient (Wildman–Crippen LogP) is 2.65. The van der Waals surface area contributed by atoms with Crippen LogP contribution in [0, 0.1) is 0 Å². The van der Waals surface area contributed by atoms with Gasteiger partial charge in [-0.3, -0.25) is 4.79 Å². The van der Waals surface area contributed by atoms with Gasteiger partial charge in [0, 0.05) is 47.9 Å². The van der Waals surface area contributed by atoms with Crippen molar-refractivity contribution in [2.24, 2.45) is 0 Å². The molecule has 4 heterocycles. The van der Waals surface area contributed by atoms with Gasteiger partial charge in [-0.15, -0.1) is 0 Å². The van der Waals surface area contributed by atoms with E-state index in [0.29, 0.717) is 12.4 Å². The van der Waals surface area contributed by atoms with Crippen molar-refractivity contribution in [1.29, 1.82) is 0 Å². The lowest BCUT2D eigenvalue weighted by Gasteiger charge is -2.23. The Morgan fingerprint density at radius 3 is 2.93 bits per heavy atom. The van der Waals surface area contributed by atoms with Crippen molar-refractivity contribution < 1.29 is 9.53 Å². The zero-order chi connectivity index (χ0) is 18.2. The monoisotopic (exact) mass is 362 g/mol. The Labute approximate surface area is 157 Å². The zero-order valence-corrected chi connectivity index (χ0v) is 15.0. The van der Waals surface area contributed by atoms with Gasteiger partial charge < -0.3 is 20.4 Å². The number of ether oxygens (including phenoxy) is 1. The van der Waals surface area contributed by atoms with E-state index in [1.165, 1.54) is 0 Å². The molecular weight excluding hydrogens is 340 g/mol. The van der Waals surface area contributed by atoms with Crippen molar-refractivity contribution in [1.82, 2.24) is 20.6 Å². The molecule has 27 heavy (non-hydrogen) atoms. The third-order valence-electron chi connectivity index (χ3n) is 5.33. The fourth-order valence-corrected chi connectivity index (χ4v) is 3.94. The summed E-state index contributed by atoms with van der Waals surface area (Å²) in [6.07, 6.45) is 3.16. The summed E-state index contributed by atoms with van der Waals surface area (Å²) in [7, 11) is 0. The number of hydrogen-bond acceptors (Lipinski definition) is 4. The van der Waals surface area contributed by atoms with E-state index in [2.05, 4.69) is 15.6 Å². The molecule has 1 amide bonds. The molecule has 0 aliphatic carbocycles. The number of pyridine rings is 1. The van der Waals surface area contributed by atoms with E-state index in [4.69, 9.17) is 9.72 Å². The molecule has 1 aromatic carbocycles. The standard InChI is InChI=1S/C21H22N4O2/c26-21-16-11-18(24-17(16)8-10-23-21)15-5-1-3-13-6-7-19(25-20(13)15)27-14-4-2-9-22-12-14/h1,3,5-7,11,14,22,24H,2,4,8-10,12H2,(H,23,26). The largest absolute Gasteiger partial charge is 0.473 e. The summed E-state index contributed by atoms with van der Waals surface area (Å²) in [6, 6.07) is 12.0. The molecule has 2 aliphatic rings. The Balaban J connectivity index is 1.54. The highest BCUT2D eigenvalue weighted by Gasteiger charge is 2.21. The van der Waals surface area contributed by atoms with E-state index in [1.807, 2.05) is 36.4 Å². The van der Waals surface area contributed by atoms with Gasteiger partial charge >= 0.3 is 0 Å². The van der Waals surface area contributed by atoms with Gasteiger partial charge in [0.15, 0.2) is 0 Å². The number of para-hydroxylation sites is 1. The summed E-state index contributed by atoms with van der Waals surface area (Å²) < 4.78 is 6.10. The summed E-state index contributed by atoms with van der Waals surface area (Å²) in [5.41, 5.74) is 4.52. The molecular formula is C21H22N4O2. The smallest absolute Gasteiger partial charge is 0.253 e. The summed E-state index contributed by atoms with van der Waals surface area (Å²) in [4.78, 5) is 20.3. The van der Waals surface area contributed by atoms with Crippen LogP contribution in [0.5, 0.6) is 5.88 Å². The third-order valence-corrected chi connectivity index (χ3v) is 5.33. The fraction of sp³-hybridized carbons (Fsp3) is 0.333. The second-order valence-corrected chi connectivity index (χ2v) is 7.19. The van der Waals surface area contributed by atoms with Crippen molar-refractivity contribution in [3.63, 3.8) is 0 Å². The summed E-state index contributed by atoms with van der Waals surface area (Å²) in [5, 5.41) is 7.31. The van der Waals surface area contributed by atoms with E-state index in [0.717, 1.165) is 65.8 Å². The molecule has 6 nitrogen and oxygen atoms in total. The minimum absolute atomic E-state index is 0.0132. The Morgan fingerprint density at radius 1 is 1.11 bits per heavy atom. The number of carbonyl (C=O) groups is 1. The SMILES string of the molecule is O=C1NCCc2[nH]c(-c3cccc4ccc(OC5CCCNC5)nc34)cc21. The molecule has 3 N–H and O–H groups in total. The minimum Gasteiger partial charge on any atom is -0.473 e. The maximum absolute atomic E-state index is 12.1. The highest BCUT2D eigenvalue weighted by atomic mass is 16.5. The van der Waals surface area contributed by atoms with Crippen LogP contribution in [-0.4, -0.2) is 41.6 Å².